The van der Waals surface area contributed by atoms with Crippen LogP contribution in [0.3, 0.4) is 0 Å². The maximum Gasteiger partial charge on any atom is 0.245 e. The van der Waals surface area contributed by atoms with Crippen LogP contribution in [0.5, 0.6) is 11.5 Å². The van der Waals surface area contributed by atoms with Crippen molar-refractivity contribution >= 4 is 43.5 Å². The van der Waals surface area contributed by atoms with Gasteiger partial charge in [-0.15, -0.1) is 0 Å². The van der Waals surface area contributed by atoms with Gasteiger partial charge in [-0.25, -0.2) is 8.42 Å². The third kappa shape index (κ3) is 4.71. The minimum Gasteiger partial charge on any atom is -0.454 e. The Morgan fingerprint density at radius 2 is 1.94 bits per heavy atom. The van der Waals surface area contributed by atoms with Crippen LogP contribution >= 0.6 is 15.9 Å². The summed E-state index contributed by atoms with van der Waals surface area (Å²) in [6.07, 6.45) is 2.09. The van der Waals surface area contributed by atoms with Crippen molar-refractivity contribution < 1.29 is 27.5 Å². The molecule has 0 unspecified atom stereocenters. The summed E-state index contributed by atoms with van der Waals surface area (Å²) in [6.45, 7) is 3.15. The second-order valence-electron chi connectivity index (χ2n) is 9.17. The highest BCUT2D eigenvalue weighted by Gasteiger charge is 2.38. The first-order chi connectivity index (χ1) is 17.3. The van der Waals surface area contributed by atoms with Gasteiger partial charge < -0.3 is 19.7 Å². The highest BCUT2D eigenvalue weighted by molar-refractivity contribution is 9.10. The fraction of sp³-hybridized carbons (Fsp3) is 0.440. The molecule has 0 bridgehead atoms. The van der Waals surface area contributed by atoms with Gasteiger partial charge in [0.05, 0.1) is 11.6 Å². The molecule has 3 aliphatic heterocycles. The van der Waals surface area contributed by atoms with Crippen LogP contribution in [-0.4, -0.2) is 51.0 Å². The average molecular weight is 578 g/mol. The van der Waals surface area contributed by atoms with Gasteiger partial charge in [-0.05, 0) is 54.7 Å². The standard InChI is InChI=1S/C25H28BrN3O6S/c1-2-23(30)29-9-7-17-11-19(26)12-22(24(17)29)36(32,33)28-8-3-4-18(14-28)25(31)27-13-16-5-6-20-21(10-16)35-15-34-20/h5-6,10-12,18H,2-4,7-9,13-15H2,1H3,(H,27,31)/t18-/m0/s1. The van der Waals surface area contributed by atoms with E-state index in [1.807, 2.05) is 24.3 Å². The van der Waals surface area contributed by atoms with Crippen LogP contribution in [0.1, 0.15) is 37.3 Å². The van der Waals surface area contributed by atoms with E-state index in [9.17, 15) is 18.0 Å². The molecule has 0 saturated carbocycles. The number of benzene rings is 2. The number of hydrogen-bond acceptors (Lipinski definition) is 6. The lowest BCUT2D eigenvalue weighted by atomic mass is 9.98. The van der Waals surface area contributed by atoms with Crippen LogP contribution in [0.2, 0.25) is 0 Å². The highest BCUT2D eigenvalue weighted by Crippen LogP contribution is 2.40. The van der Waals surface area contributed by atoms with E-state index >= 15 is 0 Å². The topological polar surface area (TPSA) is 105 Å². The number of sulfonamides is 1. The number of amides is 2. The first-order valence-electron chi connectivity index (χ1n) is 12.1. The molecule has 9 nitrogen and oxygen atoms in total. The summed E-state index contributed by atoms with van der Waals surface area (Å²) in [7, 11) is -3.93. The molecule has 0 aromatic heterocycles. The summed E-state index contributed by atoms with van der Waals surface area (Å²) in [5, 5.41) is 2.93. The molecule has 5 rings (SSSR count). The van der Waals surface area contributed by atoms with Gasteiger partial charge in [0.1, 0.15) is 4.90 Å². The summed E-state index contributed by atoms with van der Waals surface area (Å²) in [5.74, 6) is 0.572. The number of piperidine rings is 1. The highest BCUT2D eigenvalue weighted by atomic mass is 79.9. The van der Waals surface area contributed by atoms with Gasteiger partial charge in [-0.3, -0.25) is 9.59 Å². The van der Waals surface area contributed by atoms with Crippen LogP contribution in [0.4, 0.5) is 5.69 Å². The Balaban J connectivity index is 1.32. The second kappa shape index (κ2) is 10.0. The molecule has 1 fully saturated rings. The van der Waals surface area contributed by atoms with E-state index in [0.717, 1.165) is 11.1 Å². The van der Waals surface area contributed by atoms with Crippen LogP contribution in [0, 0.1) is 5.92 Å². The molecule has 36 heavy (non-hydrogen) atoms. The quantitative estimate of drug-likeness (QED) is 0.565. The van der Waals surface area contributed by atoms with Gasteiger partial charge in [0.15, 0.2) is 11.5 Å². The smallest absolute Gasteiger partial charge is 0.245 e. The van der Waals surface area contributed by atoms with Gasteiger partial charge in [-0.1, -0.05) is 28.9 Å². The van der Waals surface area contributed by atoms with Crippen molar-refractivity contribution in [3.63, 3.8) is 0 Å². The number of halogens is 1. The SMILES string of the molecule is CCC(=O)N1CCc2cc(Br)cc(S(=O)(=O)N3CCC[C@H](C(=O)NCc4ccc5c(c4)OCO5)C3)c21. The van der Waals surface area contributed by atoms with Gasteiger partial charge in [0, 0.05) is 37.1 Å². The fourth-order valence-electron chi connectivity index (χ4n) is 5.00. The lowest BCUT2D eigenvalue weighted by Crippen LogP contribution is -2.45. The molecule has 0 radical (unpaired) electrons. The van der Waals surface area contributed by atoms with Crippen molar-refractivity contribution in [3.8, 4) is 11.5 Å². The Hall–Kier alpha value is -2.63. The summed E-state index contributed by atoms with van der Waals surface area (Å²) < 4.78 is 40.4. The molecule has 0 aliphatic carbocycles. The van der Waals surface area contributed by atoms with Crippen molar-refractivity contribution in [3.05, 3.63) is 45.9 Å². The minimum absolute atomic E-state index is 0.0956. The van der Waals surface area contributed by atoms with Gasteiger partial charge in [-0.2, -0.15) is 4.31 Å². The number of anilines is 1. The van der Waals surface area contributed by atoms with E-state index < -0.39 is 15.9 Å². The molecule has 2 aromatic rings. The number of fused-ring (bicyclic) bond motifs is 2. The molecule has 1 saturated heterocycles. The van der Waals surface area contributed by atoms with E-state index in [1.54, 1.807) is 17.9 Å². The maximum absolute atomic E-state index is 13.8. The first-order valence-corrected chi connectivity index (χ1v) is 14.3. The van der Waals surface area contributed by atoms with E-state index in [4.69, 9.17) is 9.47 Å². The van der Waals surface area contributed by atoms with E-state index in [-0.39, 0.29) is 30.0 Å². The van der Waals surface area contributed by atoms with Crippen molar-refractivity contribution in [1.29, 1.82) is 0 Å². The Morgan fingerprint density at radius 1 is 1.14 bits per heavy atom. The molecule has 1 atom stereocenters. The molecule has 3 heterocycles. The van der Waals surface area contributed by atoms with Crippen molar-refractivity contribution in [2.45, 2.75) is 44.0 Å². The number of carbonyl (C=O) groups is 2. The molecule has 192 valence electrons. The molecule has 11 heteroatoms. The number of nitrogens with zero attached hydrogens (tertiary/aromatic N) is 2. The van der Waals surface area contributed by atoms with Crippen molar-refractivity contribution in [2.75, 3.05) is 31.3 Å². The molecule has 2 amide bonds. The normalized spacial score (nSPS) is 19.3. The lowest BCUT2D eigenvalue weighted by molar-refractivity contribution is -0.126. The molecule has 0 spiro atoms. The summed E-state index contributed by atoms with van der Waals surface area (Å²) >= 11 is 3.44. The first kappa shape index (κ1) is 25.0. The Kier molecular flexibility index (Phi) is 6.97. The number of hydrogen-bond donors (Lipinski definition) is 1. The van der Waals surface area contributed by atoms with E-state index in [2.05, 4.69) is 21.2 Å². The zero-order chi connectivity index (χ0) is 25.4. The minimum atomic E-state index is -3.93. The third-order valence-electron chi connectivity index (χ3n) is 6.87. The predicted molar refractivity (Wildman–Crippen MR) is 136 cm³/mol. The maximum atomic E-state index is 13.8. The van der Waals surface area contributed by atoms with Crippen molar-refractivity contribution in [1.82, 2.24) is 9.62 Å². The van der Waals surface area contributed by atoms with Crippen molar-refractivity contribution in [2.24, 2.45) is 5.92 Å². The predicted octanol–water partition coefficient (Wildman–Crippen LogP) is 3.19. The Morgan fingerprint density at radius 3 is 2.75 bits per heavy atom. The summed E-state index contributed by atoms with van der Waals surface area (Å²) in [5.41, 5.74) is 2.18. The largest absolute Gasteiger partial charge is 0.454 e. The van der Waals surface area contributed by atoms with Crippen LogP contribution in [0.25, 0.3) is 0 Å². The molecule has 1 N–H and O–H groups in total. The number of nitrogens with one attached hydrogen (secondary N) is 1. The number of rotatable bonds is 6. The monoisotopic (exact) mass is 577 g/mol. The number of carbonyl (C=O) groups excluding carboxylic acids is 2. The van der Waals surface area contributed by atoms with Gasteiger partial charge >= 0.3 is 0 Å². The molecular formula is C25H28BrN3O6S. The van der Waals surface area contributed by atoms with Gasteiger partial charge in [0.25, 0.3) is 0 Å². The van der Waals surface area contributed by atoms with Crippen LogP contribution in [-0.2, 0) is 32.6 Å². The van der Waals surface area contributed by atoms with Crippen LogP contribution < -0.4 is 19.7 Å². The zero-order valence-corrected chi connectivity index (χ0v) is 22.4. The van der Waals surface area contributed by atoms with E-state index in [0.29, 0.717) is 67.0 Å². The molecule has 2 aromatic carbocycles. The molecule has 3 aliphatic rings. The third-order valence-corrected chi connectivity index (χ3v) is 9.21. The zero-order valence-electron chi connectivity index (χ0n) is 20.0. The Bertz CT molecular complexity index is 1320. The summed E-state index contributed by atoms with van der Waals surface area (Å²) in [6, 6.07) is 8.94. The number of ether oxygens (including phenoxy) is 2. The fourth-order valence-corrected chi connectivity index (χ4v) is 7.45. The molecular weight excluding hydrogens is 550 g/mol. The van der Waals surface area contributed by atoms with E-state index in [1.165, 1.54) is 4.31 Å². The Labute approximate surface area is 218 Å². The second-order valence-corrected chi connectivity index (χ2v) is 12.0. The lowest BCUT2D eigenvalue weighted by Gasteiger charge is -2.32. The average Bonchev–Trinajstić information content (AvgIpc) is 3.53. The van der Waals surface area contributed by atoms with Gasteiger partial charge in [0.2, 0.25) is 28.6 Å². The van der Waals surface area contributed by atoms with Crippen LogP contribution in [0.15, 0.2) is 39.7 Å². The summed E-state index contributed by atoms with van der Waals surface area (Å²) in [4.78, 5) is 27.2.